The predicted octanol–water partition coefficient (Wildman–Crippen LogP) is 4.21. The fraction of sp³-hybridized carbons (Fsp3) is 0.435. The van der Waals surface area contributed by atoms with Crippen LogP contribution < -0.4 is 5.32 Å². The lowest BCUT2D eigenvalue weighted by atomic mass is 9.84. The van der Waals surface area contributed by atoms with Crippen LogP contribution in [0.2, 0.25) is 0 Å². The third kappa shape index (κ3) is 4.73. The van der Waals surface area contributed by atoms with Gasteiger partial charge in [-0.3, -0.25) is 9.69 Å². The Bertz CT molecular complexity index is 691. The van der Waals surface area contributed by atoms with Gasteiger partial charge in [-0.1, -0.05) is 74.5 Å². The van der Waals surface area contributed by atoms with Crippen LogP contribution in [0.5, 0.6) is 0 Å². The standard InChI is InChI=1S/C23H30N2O/c1-23(2,17-19-11-5-3-6-12-19)22(26)24-18-21(25-15-9-10-16-25)20-13-7-4-8-14-20/h3-8,11-14,21H,9-10,15-18H2,1-2H3,(H,24,26). The molecule has 0 radical (unpaired) electrons. The van der Waals surface area contributed by atoms with Crippen LogP contribution in [0.3, 0.4) is 0 Å². The van der Waals surface area contributed by atoms with Gasteiger partial charge in [0.05, 0.1) is 6.04 Å². The third-order valence-electron chi connectivity index (χ3n) is 5.33. The molecular weight excluding hydrogens is 320 g/mol. The molecule has 2 aromatic carbocycles. The Morgan fingerprint density at radius 3 is 2.19 bits per heavy atom. The number of hydrogen-bond donors (Lipinski definition) is 1. The van der Waals surface area contributed by atoms with Gasteiger partial charge in [-0.05, 0) is 43.5 Å². The molecule has 138 valence electrons. The second-order valence-electron chi connectivity index (χ2n) is 7.93. The highest BCUT2D eigenvalue weighted by Crippen LogP contribution is 2.26. The van der Waals surface area contributed by atoms with Gasteiger partial charge >= 0.3 is 0 Å². The largest absolute Gasteiger partial charge is 0.354 e. The summed E-state index contributed by atoms with van der Waals surface area (Å²) in [5.74, 6) is 0.126. The van der Waals surface area contributed by atoms with Gasteiger partial charge in [0.15, 0.2) is 0 Å². The Balaban J connectivity index is 1.65. The Kier molecular flexibility index (Phi) is 6.10. The first kappa shape index (κ1) is 18.7. The van der Waals surface area contributed by atoms with E-state index in [9.17, 15) is 4.79 Å². The summed E-state index contributed by atoms with van der Waals surface area (Å²) in [5.41, 5.74) is 2.07. The van der Waals surface area contributed by atoms with Gasteiger partial charge in [0.1, 0.15) is 0 Å². The van der Waals surface area contributed by atoms with E-state index in [1.807, 2.05) is 38.1 Å². The molecule has 1 amide bonds. The van der Waals surface area contributed by atoms with E-state index in [0.717, 1.165) is 19.5 Å². The second-order valence-corrected chi connectivity index (χ2v) is 7.93. The average Bonchev–Trinajstić information content (AvgIpc) is 3.17. The Morgan fingerprint density at radius 1 is 1.00 bits per heavy atom. The molecule has 1 saturated heterocycles. The molecule has 26 heavy (non-hydrogen) atoms. The van der Waals surface area contributed by atoms with Crippen molar-refractivity contribution < 1.29 is 4.79 Å². The lowest BCUT2D eigenvalue weighted by Gasteiger charge is -2.30. The van der Waals surface area contributed by atoms with Crippen molar-refractivity contribution >= 4 is 5.91 Å². The van der Waals surface area contributed by atoms with Gasteiger partial charge in [0.25, 0.3) is 0 Å². The molecule has 0 spiro atoms. The van der Waals surface area contributed by atoms with E-state index in [1.165, 1.54) is 24.0 Å². The smallest absolute Gasteiger partial charge is 0.226 e. The van der Waals surface area contributed by atoms with E-state index in [-0.39, 0.29) is 11.9 Å². The zero-order valence-electron chi connectivity index (χ0n) is 15.9. The molecule has 3 heteroatoms. The molecule has 0 saturated carbocycles. The minimum absolute atomic E-state index is 0.126. The van der Waals surface area contributed by atoms with Crippen LogP contribution in [0.4, 0.5) is 0 Å². The van der Waals surface area contributed by atoms with E-state index in [4.69, 9.17) is 0 Å². The van der Waals surface area contributed by atoms with Crippen LogP contribution in [0.1, 0.15) is 43.9 Å². The highest BCUT2D eigenvalue weighted by atomic mass is 16.2. The van der Waals surface area contributed by atoms with E-state index in [0.29, 0.717) is 6.54 Å². The van der Waals surface area contributed by atoms with Crippen LogP contribution in [-0.4, -0.2) is 30.4 Å². The van der Waals surface area contributed by atoms with Gasteiger partial charge < -0.3 is 5.32 Å². The van der Waals surface area contributed by atoms with Crippen molar-refractivity contribution in [3.63, 3.8) is 0 Å². The SMILES string of the molecule is CC(C)(Cc1ccccc1)C(=O)NCC(c1ccccc1)N1CCCC1. The van der Waals surface area contributed by atoms with Gasteiger partial charge in [-0.15, -0.1) is 0 Å². The molecule has 1 aliphatic heterocycles. The fourth-order valence-electron chi connectivity index (χ4n) is 3.80. The van der Waals surface area contributed by atoms with Crippen molar-refractivity contribution in [2.75, 3.05) is 19.6 Å². The summed E-state index contributed by atoms with van der Waals surface area (Å²) >= 11 is 0. The molecule has 3 nitrogen and oxygen atoms in total. The first-order valence-electron chi connectivity index (χ1n) is 9.67. The van der Waals surface area contributed by atoms with Crippen LogP contribution in [0.15, 0.2) is 60.7 Å². The van der Waals surface area contributed by atoms with Crippen molar-refractivity contribution in [2.24, 2.45) is 5.41 Å². The number of nitrogens with one attached hydrogen (secondary N) is 1. The summed E-state index contributed by atoms with van der Waals surface area (Å²) in [7, 11) is 0. The molecule has 1 fully saturated rings. The first-order valence-corrected chi connectivity index (χ1v) is 9.67. The van der Waals surface area contributed by atoms with Crippen molar-refractivity contribution in [1.82, 2.24) is 10.2 Å². The number of likely N-dealkylation sites (tertiary alicyclic amines) is 1. The maximum atomic E-state index is 12.9. The zero-order valence-corrected chi connectivity index (χ0v) is 15.9. The molecule has 0 aliphatic carbocycles. The minimum Gasteiger partial charge on any atom is -0.354 e. The number of carbonyl (C=O) groups excluding carboxylic acids is 1. The second kappa shape index (κ2) is 8.50. The lowest BCUT2D eigenvalue weighted by molar-refractivity contribution is -0.129. The number of rotatable bonds is 7. The molecule has 1 aliphatic rings. The zero-order chi connectivity index (χ0) is 18.4. The van der Waals surface area contributed by atoms with E-state index in [1.54, 1.807) is 0 Å². The van der Waals surface area contributed by atoms with Crippen molar-refractivity contribution in [3.05, 3.63) is 71.8 Å². The summed E-state index contributed by atoms with van der Waals surface area (Å²) in [5, 5.41) is 3.24. The molecule has 2 aromatic rings. The Hall–Kier alpha value is -2.13. The molecule has 0 aromatic heterocycles. The van der Waals surface area contributed by atoms with Crippen LogP contribution in [0, 0.1) is 5.41 Å². The highest BCUT2D eigenvalue weighted by Gasteiger charge is 2.30. The monoisotopic (exact) mass is 350 g/mol. The Morgan fingerprint density at radius 2 is 1.58 bits per heavy atom. The average molecular weight is 351 g/mol. The number of hydrogen-bond acceptors (Lipinski definition) is 2. The van der Waals surface area contributed by atoms with E-state index < -0.39 is 5.41 Å². The number of benzene rings is 2. The highest BCUT2D eigenvalue weighted by molar-refractivity contribution is 5.82. The maximum absolute atomic E-state index is 12.9. The molecule has 3 rings (SSSR count). The van der Waals surface area contributed by atoms with Gasteiger partial charge in [0.2, 0.25) is 5.91 Å². The maximum Gasteiger partial charge on any atom is 0.226 e. The third-order valence-corrected chi connectivity index (χ3v) is 5.33. The summed E-state index contributed by atoms with van der Waals surface area (Å²) in [6.07, 6.45) is 3.24. The molecule has 1 N–H and O–H groups in total. The first-order chi connectivity index (χ1) is 12.6. The lowest BCUT2D eigenvalue weighted by Crippen LogP contribution is -2.43. The predicted molar refractivity (Wildman–Crippen MR) is 107 cm³/mol. The van der Waals surface area contributed by atoms with Crippen LogP contribution in [0.25, 0.3) is 0 Å². The molecular formula is C23H30N2O. The number of nitrogens with zero attached hydrogens (tertiary/aromatic N) is 1. The topological polar surface area (TPSA) is 32.3 Å². The van der Waals surface area contributed by atoms with E-state index in [2.05, 4.69) is 46.6 Å². The van der Waals surface area contributed by atoms with Crippen molar-refractivity contribution in [3.8, 4) is 0 Å². The van der Waals surface area contributed by atoms with E-state index >= 15 is 0 Å². The normalized spacial score (nSPS) is 16.4. The summed E-state index contributed by atoms with van der Waals surface area (Å²) in [4.78, 5) is 15.4. The molecule has 1 atom stereocenters. The Labute approximate surface area is 157 Å². The van der Waals surface area contributed by atoms with Crippen LogP contribution in [-0.2, 0) is 11.2 Å². The summed E-state index contributed by atoms with van der Waals surface area (Å²) < 4.78 is 0. The van der Waals surface area contributed by atoms with Crippen molar-refractivity contribution in [1.29, 1.82) is 0 Å². The summed E-state index contributed by atoms with van der Waals surface area (Å²) in [6.45, 7) is 6.96. The van der Waals surface area contributed by atoms with Gasteiger partial charge in [-0.25, -0.2) is 0 Å². The quantitative estimate of drug-likeness (QED) is 0.811. The van der Waals surface area contributed by atoms with Crippen molar-refractivity contribution in [2.45, 2.75) is 39.2 Å². The fourth-order valence-corrected chi connectivity index (χ4v) is 3.80. The van der Waals surface area contributed by atoms with Crippen LogP contribution >= 0.6 is 0 Å². The minimum atomic E-state index is -0.423. The van der Waals surface area contributed by atoms with Gasteiger partial charge in [-0.2, -0.15) is 0 Å². The number of amides is 1. The molecule has 1 unspecified atom stereocenters. The van der Waals surface area contributed by atoms with Gasteiger partial charge in [0, 0.05) is 12.0 Å². The summed E-state index contributed by atoms with van der Waals surface area (Å²) in [6, 6.07) is 21.1. The number of carbonyl (C=O) groups is 1. The molecule has 0 bridgehead atoms. The molecule has 1 heterocycles.